The van der Waals surface area contributed by atoms with E-state index >= 15 is 0 Å². The molecule has 0 aromatic carbocycles. The van der Waals surface area contributed by atoms with Gasteiger partial charge in [-0.2, -0.15) is 5.26 Å². The van der Waals surface area contributed by atoms with Crippen molar-refractivity contribution in [1.29, 1.82) is 5.26 Å². The van der Waals surface area contributed by atoms with Crippen molar-refractivity contribution >= 4 is 0 Å². The van der Waals surface area contributed by atoms with Crippen LogP contribution in [0, 0.1) is 11.5 Å². The highest BCUT2D eigenvalue weighted by Crippen LogP contribution is 1.94. The molecule has 0 aliphatic rings. The Kier molecular flexibility index (Phi) is 3.69. The van der Waals surface area contributed by atoms with Crippen molar-refractivity contribution in [2.24, 2.45) is 0 Å². The largest absolute Gasteiger partial charge is 0.423 e. The van der Waals surface area contributed by atoms with Gasteiger partial charge in [-0.15, -0.1) is 0 Å². The maximum atomic E-state index is 7.90. The molecule has 0 fully saturated rings. The molecule has 0 amide bonds. The van der Waals surface area contributed by atoms with E-state index in [0.29, 0.717) is 6.61 Å². The normalized spacial score (nSPS) is 7.50. The minimum Gasteiger partial charge on any atom is -0.423 e. The third-order valence-electron chi connectivity index (χ3n) is 0.841. The fourth-order valence-electron chi connectivity index (χ4n) is 0.236. The van der Waals surface area contributed by atoms with Crippen LogP contribution in [0.5, 0.6) is 0 Å². The summed E-state index contributed by atoms with van der Waals surface area (Å²) in [5, 5.41) is 7.90. The van der Waals surface area contributed by atoms with E-state index in [0.717, 1.165) is 12.0 Å². The van der Waals surface area contributed by atoms with E-state index in [4.69, 9.17) is 5.26 Å². The Morgan fingerprint density at radius 3 is 2.88 bits per heavy atom. The summed E-state index contributed by atoms with van der Waals surface area (Å²) in [5.74, 6) is 0. The van der Waals surface area contributed by atoms with Crippen molar-refractivity contribution in [3.63, 3.8) is 0 Å². The molecule has 2 heteroatoms. The average molecular weight is 111 g/mol. The van der Waals surface area contributed by atoms with Crippen LogP contribution >= 0.6 is 0 Å². The van der Waals surface area contributed by atoms with Gasteiger partial charge in [0.15, 0.2) is 0 Å². The third kappa shape index (κ3) is 3.23. The maximum Gasteiger partial charge on any atom is 0.286 e. The standard InChI is InChI=1S/C6H9NO/c1-3-6(2)4-8-5-7/h2-4H2,1H3. The molecule has 0 atom stereocenters. The molecule has 0 unspecified atom stereocenters. The van der Waals surface area contributed by atoms with Gasteiger partial charge in [0, 0.05) is 0 Å². The Labute approximate surface area is 49.4 Å². The first kappa shape index (κ1) is 7.03. The van der Waals surface area contributed by atoms with Crippen LogP contribution in [0.2, 0.25) is 0 Å². The van der Waals surface area contributed by atoms with Gasteiger partial charge in [-0.05, 0) is 12.0 Å². The molecule has 44 valence electrons. The zero-order valence-electron chi connectivity index (χ0n) is 4.98. The molecule has 0 rings (SSSR count). The maximum absolute atomic E-state index is 7.90. The van der Waals surface area contributed by atoms with Crippen molar-refractivity contribution in [3.8, 4) is 6.26 Å². The SMILES string of the molecule is C=C(CC)COC#N. The lowest BCUT2D eigenvalue weighted by molar-refractivity contribution is 0.300. The van der Waals surface area contributed by atoms with Crippen LogP contribution in [0.25, 0.3) is 0 Å². The minimum absolute atomic E-state index is 0.368. The van der Waals surface area contributed by atoms with E-state index in [2.05, 4.69) is 11.3 Å². The molecule has 0 radical (unpaired) electrons. The molecule has 0 saturated heterocycles. The molecule has 0 aliphatic heterocycles. The molecule has 0 heterocycles. The Morgan fingerprint density at radius 2 is 2.50 bits per heavy atom. The summed E-state index contributed by atoms with van der Waals surface area (Å²) in [6.45, 7) is 5.98. The van der Waals surface area contributed by atoms with Gasteiger partial charge in [0.2, 0.25) is 0 Å². The molecule has 0 aliphatic carbocycles. The number of ether oxygens (including phenoxy) is 1. The van der Waals surface area contributed by atoms with Crippen LogP contribution < -0.4 is 0 Å². The fraction of sp³-hybridized carbons (Fsp3) is 0.500. The molecule has 0 spiro atoms. The van der Waals surface area contributed by atoms with Crippen molar-refractivity contribution in [2.75, 3.05) is 6.61 Å². The molecule has 0 saturated carbocycles. The predicted molar refractivity (Wildman–Crippen MR) is 31.0 cm³/mol. The topological polar surface area (TPSA) is 33.0 Å². The highest BCUT2D eigenvalue weighted by atomic mass is 16.5. The summed E-state index contributed by atoms with van der Waals surface area (Å²) < 4.78 is 4.39. The second-order valence-corrected chi connectivity index (χ2v) is 1.48. The monoisotopic (exact) mass is 111 g/mol. The first-order chi connectivity index (χ1) is 3.81. The number of nitriles is 1. The highest BCUT2D eigenvalue weighted by molar-refractivity contribution is 4.92. The van der Waals surface area contributed by atoms with E-state index in [1.807, 2.05) is 6.92 Å². The molecule has 8 heavy (non-hydrogen) atoms. The van der Waals surface area contributed by atoms with Crippen LogP contribution in [0.15, 0.2) is 12.2 Å². The van der Waals surface area contributed by atoms with E-state index < -0.39 is 0 Å². The van der Waals surface area contributed by atoms with Crippen LogP contribution in [-0.2, 0) is 4.74 Å². The quantitative estimate of drug-likeness (QED) is 0.408. The molecule has 0 bridgehead atoms. The fourth-order valence-corrected chi connectivity index (χ4v) is 0.236. The lowest BCUT2D eigenvalue weighted by Crippen LogP contribution is -1.89. The zero-order chi connectivity index (χ0) is 6.41. The first-order valence-corrected chi connectivity index (χ1v) is 2.48. The van der Waals surface area contributed by atoms with Crippen molar-refractivity contribution in [1.82, 2.24) is 0 Å². The summed E-state index contributed by atoms with van der Waals surface area (Å²) in [4.78, 5) is 0. The summed E-state index contributed by atoms with van der Waals surface area (Å²) in [5.41, 5.74) is 0.951. The van der Waals surface area contributed by atoms with Gasteiger partial charge in [-0.3, -0.25) is 0 Å². The Hall–Kier alpha value is -0.970. The van der Waals surface area contributed by atoms with E-state index in [9.17, 15) is 0 Å². The van der Waals surface area contributed by atoms with Crippen molar-refractivity contribution in [3.05, 3.63) is 12.2 Å². The number of hydrogen-bond donors (Lipinski definition) is 0. The Bertz CT molecular complexity index is 112. The van der Waals surface area contributed by atoms with E-state index in [1.165, 1.54) is 0 Å². The zero-order valence-corrected chi connectivity index (χ0v) is 4.98. The minimum atomic E-state index is 0.368. The number of hydrogen-bond acceptors (Lipinski definition) is 2. The van der Waals surface area contributed by atoms with Gasteiger partial charge >= 0.3 is 0 Å². The molecular weight excluding hydrogens is 102 g/mol. The number of rotatable bonds is 3. The van der Waals surface area contributed by atoms with Crippen LogP contribution in [0.4, 0.5) is 0 Å². The smallest absolute Gasteiger partial charge is 0.286 e. The van der Waals surface area contributed by atoms with Crippen LogP contribution in [0.3, 0.4) is 0 Å². The number of nitrogens with zero attached hydrogens (tertiary/aromatic N) is 1. The molecule has 0 aromatic rings. The lowest BCUT2D eigenvalue weighted by Gasteiger charge is -1.94. The van der Waals surface area contributed by atoms with Gasteiger partial charge in [-0.25, -0.2) is 0 Å². The van der Waals surface area contributed by atoms with Gasteiger partial charge in [-0.1, -0.05) is 13.5 Å². The Balaban J connectivity index is 3.15. The molecule has 2 nitrogen and oxygen atoms in total. The first-order valence-electron chi connectivity index (χ1n) is 2.48. The van der Waals surface area contributed by atoms with E-state index in [1.54, 1.807) is 6.26 Å². The van der Waals surface area contributed by atoms with E-state index in [-0.39, 0.29) is 0 Å². The van der Waals surface area contributed by atoms with Crippen LogP contribution in [0.1, 0.15) is 13.3 Å². The molecule has 0 N–H and O–H groups in total. The predicted octanol–water partition coefficient (Wildman–Crippen LogP) is 1.45. The summed E-state index contributed by atoms with van der Waals surface area (Å²) in [7, 11) is 0. The second kappa shape index (κ2) is 4.20. The van der Waals surface area contributed by atoms with Gasteiger partial charge in [0.05, 0.1) is 0 Å². The summed E-state index contributed by atoms with van der Waals surface area (Å²) >= 11 is 0. The summed E-state index contributed by atoms with van der Waals surface area (Å²) in [6, 6.07) is 0. The van der Waals surface area contributed by atoms with Crippen molar-refractivity contribution < 1.29 is 4.74 Å². The lowest BCUT2D eigenvalue weighted by atomic mass is 10.3. The van der Waals surface area contributed by atoms with Crippen LogP contribution in [-0.4, -0.2) is 6.61 Å². The molecule has 0 aromatic heterocycles. The van der Waals surface area contributed by atoms with Gasteiger partial charge < -0.3 is 4.74 Å². The van der Waals surface area contributed by atoms with Gasteiger partial charge in [0.25, 0.3) is 6.26 Å². The second-order valence-electron chi connectivity index (χ2n) is 1.48. The van der Waals surface area contributed by atoms with Crippen molar-refractivity contribution in [2.45, 2.75) is 13.3 Å². The average Bonchev–Trinajstić information content (AvgIpc) is 1.83. The van der Waals surface area contributed by atoms with Gasteiger partial charge in [0.1, 0.15) is 6.61 Å². The third-order valence-corrected chi connectivity index (χ3v) is 0.841. The highest BCUT2D eigenvalue weighted by Gasteiger charge is 1.86. The molecular formula is C6H9NO. The summed E-state index contributed by atoms with van der Waals surface area (Å²) in [6.07, 6.45) is 2.45. The Morgan fingerprint density at radius 1 is 1.88 bits per heavy atom.